The average Bonchev–Trinajstić information content (AvgIpc) is 3.43. The first-order valence-electron chi connectivity index (χ1n) is 9.94. The SMILES string of the molecule is CCNC(=NCc1ccc(-n2cncn2)cc1)NCCc1c[nH]c2ccc(F)cc12. The standard InChI is InChI=1S/C22H24FN7/c1-2-25-22(26-10-9-17-13-27-21-8-5-18(23)11-20(17)21)28-12-16-3-6-19(7-4-16)30-15-24-14-29-30/h3-8,11,13-15,27H,2,9-10,12H2,1H3,(H2,25,26,28). The van der Waals surface area contributed by atoms with Gasteiger partial charge in [-0.1, -0.05) is 12.1 Å². The molecule has 4 aromatic rings. The van der Waals surface area contributed by atoms with E-state index in [-0.39, 0.29) is 5.82 Å². The zero-order chi connectivity index (χ0) is 20.8. The highest BCUT2D eigenvalue weighted by Crippen LogP contribution is 2.19. The Hall–Kier alpha value is -3.68. The Bertz CT molecular complexity index is 1110. The fourth-order valence-electron chi connectivity index (χ4n) is 3.28. The smallest absolute Gasteiger partial charge is 0.191 e. The molecule has 0 unspecified atom stereocenters. The molecule has 4 rings (SSSR count). The van der Waals surface area contributed by atoms with E-state index in [1.54, 1.807) is 23.1 Å². The Labute approximate surface area is 174 Å². The molecule has 0 radical (unpaired) electrons. The molecule has 2 heterocycles. The Balaban J connectivity index is 1.36. The normalized spacial score (nSPS) is 11.7. The lowest BCUT2D eigenvalue weighted by molar-refractivity contribution is 0.629. The summed E-state index contributed by atoms with van der Waals surface area (Å²) >= 11 is 0. The molecule has 0 saturated carbocycles. The van der Waals surface area contributed by atoms with Crippen LogP contribution in [-0.4, -0.2) is 38.8 Å². The summed E-state index contributed by atoms with van der Waals surface area (Å²) in [6.45, 7) is 4.06. The third-order valence-electron chi connectivity index (χ3n) is 4.80. The molecule has 0 aliphatic carbocycles. The van der Waals surface area contributed by atoms with E-state index in [1.807, 2.05) is 37.4 Å². The van der Waals surface area contributed by atoms with Gasteiger partial charge in [-0.25, -0.2) is 19.0 Å². The molecule has 2 aromatic carbocycles. The maximum Gasteiger partial charge on any atom is 0.191 e. The van der Waals surface area contributed by atoms with Crippen molar-refractivity contribution < 1.29 is 4.39 Å². The quantitative estimate of drug-likeness (QED) is 0.326. The molecule has 0 amide bonds. The average molecular weight is 405 g/mol. The van der Waals surface area contributed by atoms with Gasteiger partial charge in [-0.2, -0.15) is 5.10 Å². The molecule has 7 nitrogen and oxygen atoms in total. The molecule has 0 aliphatic rings. The van der Waals surface area contributed by atoms with Gasteiger partial charge < -0.3 is 15.6 Å². The molecule has 30 heavy (non-hydrogen) atoms. The molecular weight excluding hydrogens is 381 g/mol. The van der Waals surface area contributed by atoms with Crippen molar-refractivity contribution in [2.45, 2.75) is 19.9 Å². The van der Waals surface area contributed by atoms with Gasteiger partial charge in [0.2, 0.25) is 0 Å². The summed E-state index contributed by atoms with van der Waals surface area (Å²) in [5, 5.41) is 11.7. The number of aromatic nitrogens is 4. The van der Waals surface area contributed by atoms with Gasteiger partial charge in [0.15, 0.2) is 5.96 Å². The van der Waals surface area contributed by atoms with Crippen LogP contribution in [0.3, 0.4) is 0 Å². The van der Waals surface area contributed by atoms with E-state index in [0.29, 0.717) is 13.1 Å². The van der Waals surface area contributed by atoms with Crippen LogP contribution in [0, 0.1) is 5.82 Å². The summed E-state index contributed by atoms with van der Waals surface area (Å²) in [4.78, 5) is 11.8. The molecule has 0 bridgehead atoms. The molecule has 0 saturated heterocycles. The van der Waals surface area contributed by atoms with Crippen LogP contribution in [0.2, 0.25) is 0 Å². The van der Waals surface area contributed by atoms with E-state index in [0.717, 1.165) is 46.6 Å². The second kappa shape index (κ2) is 9.21. The highest BCUT2D eigenvalue weighted by molar-refractivity contribution is 5.83. The summed E-state index contributed by atoms with van der Waals surface area (Å²) < 4.78 is 15.3. The molecular formula is C22H24FN7. The molecule has 0 fully saturated rings. The minimum atomic E-state index is -0.221. The van der Waals surface area contributed by atoms with E-state index >= 15 is 0 Å². The van der Waals surface area contributed by atoms with E-state index in [1.165, 1.54) is 12.4 Å². The predicted octanol–water partition coefficient (Wildman–Crippen LogP) is 3.19. The van der Waals surface area contributed by atoms with Crippen molar-refractivity contribution in [1.29, 1.82) is 0 Å². The number of aliphatic imine (C=N–C) groups is 1. The van der Waals surface area contributed by atoms with E-state index in [9.17, 15) is 4.39 Å². The zero-order valence-electron chi connectivity index (χ0n) is 16.8. The van der Waals surface area contributed by atoms with Crippen molar-refractivity contribution in [3.63, 3.8) is 0 Å². The number of rotatable bonds is 7. The Morgan fingerprint density at radius 3 is 2.80 bits per heavy atom. The summed E-state index contributed by atoms with van der Waals surface area (Å²) in [6.07, 6.45) is 5.88. The monoisotopic (exact) mass is 405 g/mol. The van der Waals surface area contributed by atoms with Crippen molar-refractivity contribution >= 4 is 16.9 Å². The fourth-order valence-corrected chi connectivity index (χ4v) is 3.28. The molecule has 0 atom stereocenters. The Morgan fingerprint density at radius 2 is 2.03 bits per heavy atom. The van der Waals surface area contributed by atoms with Crippen molar-refractivity contribution in [1.82, 2.24) is 30.4 Å². The lowest BCUT2D eigenvalue weighted by atomic mass is 10.1. The van der Waals surface area contributed by atoms with E-state index < -0.39 is 0 Å². The lowest BCUT2D eigenvalue weighted by Crippen LogP contribution is -2.38. The number of guanidine groups is 1. The second-order valence-electron chi connectivity index (χ2n) is 6.88. The minimum Gasteiger partial charge on any atom is -0.361 e. The Morgan fingerprint density at radius 1 is 1.17 bits per heavy atom. The van der Waals surface area contributed by atoms with Gasteiger partial charge in [-0.05, 0) is 54.8 Å². The minimum absolute atomic E-state index is 0.221. The molecule has 2 aromatic heterocycles. The molecule has 3 N–H and O–H groups in total. The van der Waals surface area contributed by atoms with Crippen LogP contribution < -0.4 is 10.6 Å². The van der Waals surface area contributed by atoms with Crippen LogP contribution in [0.25, 0.3) is 16.6 Å². The van der Waals surface area contributed by atoms with Crippen molar-refractivity contribution in [3.05, 3.63) is 78.3 Å². The van der Waals surface area contributed by atoms with Crippen LogP contribution in [0.1, 0.15) is 18.1 Å². The zero-order valence-corrected chi connectivity index (χ0v) is 16.8. The number of hydrogen-bond donors (Lipinski definition) is 3. The van der Waals surface area contributed by atoms with Gasteiger partial charge in [-0.15, -0.1) is 0 Å². The molecule has 154 valence electrons. The highest BCUT2D eigenvalue weighted by Gasteiger charge is 2.06. The number of benzene rings is 2. The van der Waals surface area contributed by atoms with Gasteiger partial charge >= 0.3 is 0 Å². The summed E-state index contributed by atoms with van der Waals surface area (Å²) in [6, 6.07) is 12.9. The second-order valence-corrected chi connectivity index (χ2v) is 6.88. The summed E-state index contributed by atoms with van der Waals surface area (Å²) in [5.41, 5.74) is 4.08. The van der Waals surface area contributed by atoms with Crippen LogP contribution in [0.15, 0.2) is 66.3 Å². The van der Waals surface area contributed by atoms with E-state index in [4.69, 9.17) is 0 Å². The lowest BCUT2D eigenvalue weighted by Gasteiger charge is -2.11. The topological polar surface area (TPSA) is 82.9 Å². The first-order chi connectivity index (χ1) is 14.7. The van der Waals surface area contributed by atoms with Crippen molar-refractivity contribution in [3.8, 4) is 5.69 Å². The predicted molar refractivity (Wildman–Crippen MR) is 116 cm³/mol. The number of nitrogens with zero attached hydrogens (tertiary/aromatic N) is 4. The third kappa shape index (κ3) is 4.65. The van der Waals surface area contributed by atoms with E-state index in [2.05, 4.69) is 30.7 Å². The number of halogens is 1. The van der Waals surface area contributed by atoms with Crippen LogP contribution >= 0.6 is 0 Å². The number of nitrogens with one attached hydrogen (secondary N) is 3. The highest BCUT2D eigenvalue weighted by atomic mass is 19.1. The first-order valence-corrected chi connectivity index (χ1v) is 9.94. The van der Waals surface area contributed by atoms with Crippen LogP contribution in [-0.2, 0) is 13.0 Å². The molecule has 0 spiro atoms. The van der Waals surface area contributed by atoms with Gasteiger partial charge in [0.1, 0.15) is 18.5 Å². The maximum absolute atomic E-state index is 13.5. The third-order valence-corrected chi connectivity index (χ3v) is 4.80. The van der Waals surface area contributed by atoms with Crippen LogP contribution in [0.5, 0.6) is 0 Å². The summed E-state index contributed by atoms with van der Waals surface area (Å²) in [5.74, 6) is 0.532. The van der Waals surface area contributed by atoms with Gasteiger partial charge in [0, 0.05) is 30.2 Å². The van der Waals surface area contributed by atoms with Crippen molar-refractivity contribution in [2.24, 2.45) is 4.99 Å². The maximum atomic E-state index is 13.5. The summed E-state index contributed by atoms with van der Waals surface area (Å²) in [7, 11) is 0. The largest absolute Gasteiger partial charge is 0.361 e. The molecule has 8 heteroatoms. The van der Waals surface area contributed by atoms with Crippen molar-refractivity contribution in [2.75, 3.05) is 13.1 Å². The van der Waals surface area contributed by atoms with Crippen LogP contribution in [0.4, 0.5) is 4.39 Å². The first kappa shape index (κ1) is 19.6. The van der Waals surface area contributed by atoms with Gasteiger partial charge in [-0.3, -0.25) is 0 Å². The number of H-pyrrole nitrogens is 1. The number of fused-ring (bicyclic) bond motifs is 1. The molecule has 0 aliphatic heterocycles. The van der Waals surface area contributed by atoms with Gasteiger partial charge in [0.25, 0.3) is 0 Å². The number of aromatic amines is 1. The van der Waals surface area contributed by atoms with Gasteiger partial charge in [0.05, 0.1) is 12.2 Å². The fraction of sp³-hybridized carbons (Fsp3) is 0.227. The number of hydrogen-bond acceptors (Lipinski definition) is 3. The Kier molecular flexibility index (Phi) is 6.03.